The molecule has 2 aliphatic rings. The second-order valence-electron chi connectivity index (χ2n) is 5.40. The third-order valence-electron chi connectivity index (χ3n) is 4.08. The molecule has 19 heavy (non-hydrogen) atoms. The number of carbonyl (C=O) groups is 1. The molecular formula is C13H27Cl2N3O. The summed E-state index contributed by atoms with van der Waals surface area (Å²) in [6.45, 7) is 8.52. The molecule has 0 aromatic rings. The van der Waals surface area contributed by atoms with Gasteiger partial charge in [-0.05, 0) is 57.9 Å². The third-order valence-corrected chi connectivity index (χ3v) is 4.08. The number of carbonyl (C=O) groups excluding carboxylic acids is 1. The summed E-state index contributed by atoms with van der Waals surface area (Å²) in [4.78, 5) is 14.3. The Hall–Kier alpha value is -0.0300. The van der Waals surface area contributed by atoms with Gasteiger partial charge in [-0.2, -0.15) is 0 Å². The van der Waals surface area contributed by atoms with Crippen molar-refractivity contribution in [1.29, 1.82) is 0 Å². The van der Waals surface area contributed by atoms with Crippen molar-refractivity contribution < 1.29 is 4.79 Å². The van der Waals surface area contributed by atoms with Crippen LogP contribution in [0.25, 0.3) is 0 Å². The Morgan fingerprint density at radius 1 is 1.32 bits per heavy atom. The minimum absolute atomic E-state index is 0. The molecule has 0 radical (unpaired) electrons. The zero-order chi connectivity index (χ0) is 12.1. The highest BCUT2D eigenvalue weighted by atomic mass is 35.5. The van der Waals surface area contributed by atoms with Crippen LogP contribution < -0.4 is 10.6 Å². The van der Waals surface area contributed by atoms with E-state index in [4.69, 9.17) is 0 Å². The summed E-state index contributed by atoms with van der Waals surface area (Å²) >= 11 is 0. The molecule has 2 fully saturated rings. The highest BCUT2D eigenvalue weighted by Crippen LogP contribution is 2.15. The largest absolute Gasteiger partial charge is 0.356 e. The molecule has 2 rings (SSSR count). The van der Waals surface area contributed by atoms with Gasteiger partial charge in [-0.15, -0.1) is 24.8 Å². The Labute approximate surface area is 128 Å². The van der Waals surface area contributed by atoms with Crippen LogP contribution in [0, 0.1) is 11.8 Å². The fraction of sp³-hybridized carbons (Fsp3) is 0.923. The number of likely N-dealkylation sites (tertiary alicyclic amines) is 1. The van der Waals surface area contributed by atoms with Crippen molar-refractivity contribution in [2.45, 2.75) is 26.2 Å². The lowest BCUT2D eigenvalue weighted by Crippen LogP contribution is -2.49. The summed E-state index contributed by atoms with van der Waals surface area (Å²) in [6, 6.07) is 0. The van der Waals surface area contributed by atoms with Crippen molar-refractivity contribution >= 4 is 30.7 Å². The van der Waals surface area contributed by atoms with Gasteiger partial charge in [0.2, 0.25) is 5.91 Å². The molecule has 1 atom stereocenters. The normalized spacial score (nSPS) is 20.9. The smallest absolute Gasteiger partial charge is 0.223 e. The quantitative estimate of drug-likeness (QED) is 0.727. The minimum atomic E-state index is 0. The van der Waals surface area contributed by atoms with Gasteiger partial charge in [0.05, 0.1) is 0 Å². The third kappa shape index (κ3) is 5.86. The van der Waals surface area contributed by atoms with Crippen molar-refractivity contribution in [3.05, 3.63) is 0 Å². The van der Waals surface area contributed by atoms with Gasteiger partial charge in [0.1, 0.15) is 0 Å². The van der Waals surface area contributed by atoms with Crippen molar-refractivity contribution in [2.24, 2.45) is 11.8 Å². The van der Waals surface area contributed by atoms with E-state index in [0.717, 1.165) is 32.6 Å². The summed E-state index contributed by atoms with van der Waals surface area (Å²) in [5, 5.41) is 6.28. The van der Waals surface area contributed by atoms with Gasteiger partial charge in [-0.1, -0.05) is 6.92 Å². The van der Waals surface area contributed by atoms with E-state index in [1.165, 1.54) is 25.9 Å². The van der Waals surface area contributed by atoms with E-state index in [0.29, 0.717) is 5.92 Å². The van der Waals surface area contributed by atoms with Gasteiger partial charge in [-0.25, -0.2) is 0 Å². The molecule has 2 aliphatic heterocycles. The first-order valence-electron chi connectivity index (χ1n) is 6.98. The first kappa shape index (κ1) is 19.0. The van der Waals surface area contributed by atoms with E-state index in [1.54, 1.807) is 0 Å². The molecule has 2 saturated heterocycles. The molecule has 6 heteroatoms. The first-order valence-corrected chi connectivity index (χ1v) is 6.98. The number of halogens is 2. The van der Waals surface area contributed by atoms with E-state index in [1.807, 2.05) is 6.92 Å². The van der Waals surface area contributed by atoms with Crippen molar-refractivity contribution in [2.75, 3.05) is 39.3 Å². The molecule has 0 aliphatic carbocycles. The molecule has 2 heterocycles. The van der Waals surface area contributed by atoms with Gasteiger partial charge in [0, 0.05) is 12.5 Å². The first-order chi connectivity index (χ1) is 8.27. The number of nitrogens with one attached hydrogen (secondary N) is 2. The average Bonchev–Trinajstić information content (AvgIpc) is 2.74. The number of hydrogen-bond acceptors (Lipinski definition) is 3. The molecule has 0 saturated carbocycles. The highest BCUT2D eigenvalue weighted by molar-refractivity contribution is 5.85. The Morgan fingerprint density at radius 3 is 2.47 bits per heavy atom. The zero-order valence-corrected chi connectivity index (χ0v) is 13.3. The molecule has 2 N–H and O–H groups in total. The summed E-state index contributed by atoms with van der Waals surface area (Å²) in [5.74, 6) is 0.953. The molecule has 114 valence electrons. The maximum atomic E-state index is 11.8. The van der Waals surface area contributed by atoms with Crippen LogP contribution in [-0.2, 0) is 4.79 Å². The van der Waals surface area contributed by atoms with Gasteiger partial charge in [0.25, 0.3) is 0 Å². The molecule has 0 spiro atoms. The predicted octanol–water partition coefficient (Wildman–Crippen LogP) is 1.29. The van der Waals surface area contributed by atoms with Crippen LogP contribution in [0.2, 0.25) is 0 Å². The average molecular weight is 312 g/mol. The molecule has 4 nitrogen and oxygen atoms in total. The Bertz CT molecular complexity index is 256. The Balaban J connectivity index is 0.00000162. The molecule has 0 aromatic carbocycles. The van der Waals surface area contributed by atoms with Crippen LogP contribution in [-0.4, -0.2) is 50.1 Å². The molecule has 1 unspecified atom stereocenters. The topological polar surface area (TPSA) is 44.4 Å². The van der Waals surface area contributed by atoms with Gasteiger partial charge < -0.3 is 15.5 Å². The number of rotatable bonds is 6. The van der Waals surface area contributed by atoms with Crippen LogP contribution in [0.3, 0.4) is 0 Å². The second-order valence-corrected chi connectivity index (χ2v) is 5.40. The lowest BCUT2D eigenvalue weighted by molar-refractivity contribution is -0.126. The highest BCUT2D eigenvalue weighted by Gasteiger charge is 2.28. The van der Waals surface area contributed by atoms with Crippen molar-refractivity contribution in [3.63, 3.8) is 0 Å². The van der Waals surface area contributed by atoms with E-state index < -0.39 is 0 Å². The molecule has 1 amide bonds. The Kier molecular flexibility index (Phi) is 9.79. The van der Waals surface area contributed by atoms with E-state index in [-0.39, 0.29) is 36.6 Å². The Morgan fingerprint density at radius 2 is 1.95 bits per heavy atom. The summed E-state index contributed by atoms with van der Waals surface area (Å²) in [5.41, 5.74) is 0. The summed E-state index contributed by atoms with van der Waals surface area (Å²) in [6.07, 6.45) is 3.78. The summed E-state index contributed by atoms with van der Waals surface area (Å²) in [7, 11) is 0. The van der Waals surface area contributed by atoms with Crippen molar-refractivity contribution in [1.82, 2.24) is 15.5 Å². The van der Waals surface area contributed by atoms with Crippen molar-refractivity contribution in [3.8, 4) is 0 Å². The van der Waals surface area contributed by atoms with Gasteiger partial charge in [0.15, 0.2) is 0 Å². The van der Waals surface area contributed by atoms with Crippen LogP contribution in [0.4, 0.5) is 0 Å². The van der Waals surface area contributed by atoms with E-state index in [9.17, 15) is 4.79 Å². The van der Waals surface area contributed by atoms with E-state index >= 15 is 0 Å². The maximum absolute atomic E-state index is 11.8. The van der Waals surface area contributed by atoms with Crippen LogP contribution in [0.15, 0.2) is 0 Å². The minimum Gasteiger partial charge on any atom is -0.356 e. The number of amides is 1. The van der Waals surface area contributed by atoms with Crippen LogP contribution >= 0.6 is 24.8 Å². The predicted molar refractivity (Wildman–Crippen MR) is 83.3 cm³/mol. The number of nitrogens with zero attached hydrogens (tertiary/aromatic N) is 1. The molecule has 0 aromatic heterocycles. The van der Waals surface area contributed by atoms with Gasteiger partial charge >= 0.3 is 0 Å². The van der Waals surface area contributed by atoms with Crippen LogP contribution in [0.5, 0.6) is 0 Å². The standard InChI is InChI=1S/C13H25N3O.2ClH/c1-11(12-9-14-10-12)13(17)15-5-4-8-16-6-2-3-7-16;;/h11-12,14H,2-10H2,1H3,(H,15,17);2*1H. The summed E-state index contributed by atoms with van der Waals surface area (Å²) < 4.78 is 0. The molecule has 0 bridgehead atoms. The monoisotopic (exact) mass is 311 g/mol. The lowest BCUT2D eigenvalue weighted by atomic mass is 9.88. The number of hydrogen-bond donors (Lipinski definition) is 2. The maximum Gasteiger partial charge on any atom is 0.223 e. The lowest BCUT2D eigenvalue weighted by Gasteiger charge is -2.31. The fourth-order valence-corrected chi connectivity index (χ4v) is 2.56. The SMILES string of the molecule is CC(C(=O)NCCCN1CCCC1)C1CNC1.Cl.Cl. The van der Waals surface area contributed by atoms with Gasteiger partial charge in [-0.3, -0.25) is 4.79 Å². The van der Waals surface area contributed by atoms with Crippen LogP contribution in [0.1, 0.15) is 26.2 Å². The molecular weight excluding hydrogens is 285 g/mol. The van der Waals surface area contributed by atoms with E-state index in [2.05, 4.69) is 15.5 Å². The zero-order valence-electron chi connectivity index (χ0n) is 11.7. The fourth-order valence-electron chi connectivity index (χ4n) is 2.56. The second kappa shape index (κ2) is 9.81.